The number of halogens is 3. The molecular formula is C15H10F3NOS. The first-order chi connectivity index (χ1) is 9.98. The van der Waals surface area contributed by atoms with Gasteiger partial charge in [0.2, 0.25) is 0 Å². The quantitative estimate of drug-likeness (QED) is 0.750. The zero-order valence-electron chi connectivity index (χ0n) is 10.6. The fraction of sp³-hybridized carbons (Fsp3) is 0.0667. The van der Waals surface area contributed by atoms with Crippen molar-refractivity contribution in [3.63, 3.8) is 0 Å². The molecule has 108 valence electrons. The van der Waals surface area contributed by atoms with Crippen LogP contribution >= 0.6 is 0 Å². The molecule has 1 unspecified atom stereocenters. The third kappa shape index (κ3) is 2.47. The number of hydrogen-bond donors (Lipinski definition) is 1. The van der Waals surface area contributed by atoms with Crippen LogP contribution in [-0.4, -0.2) is 9.19 Å². The molecule has 0 fully saturated rings. The molecule has 1 aromatic heterocycles. The lowest BCUT2D eigenvalue weighted by atomic mass is 10.1. The van der Waals surface area contributed by atoms with E-state index in [4.69, 9.17) is 0 Å². The molecule has 21 heavy (non-hydrogen) atoms. The summed E-state index contributed by atoms with van der Waals surface area (Å²) < 4.78 is 51.4. The second-order valence-electron chi connectivity index (χ2n) is 4.46. The van der Waals surface area contributed by atoms with Gasteiger partial charge in [0, 0.05) is 16.5 Å². The van der Waals surface area contributed by atoms with Gasteiger partial charge in [-0.25, -0.2) is 4.21 Å². The Labute approximate surface area is 121 Å². The van der Waals surface area contributed by atoms with Crippen LogP contribution in [0.25, 0.3) is 10.9 Å². The van der Waals surface area contributed by atoms with Gasteiger partial charge in [-0.2, -0.15) is 13.2 Å². The van der Waals surface area contributed by atoms with Crippen LogP contribution in [0.2, 0.25) is 0 Å². The molecule has 0 bridgehead atoms. The smallest absolute Gasteiger partial charge is 0.360 e. The number of aromatic amines is 1. The lowest BCUT2D eigenvalue weighted by Gasteiger charge is -2.10. The average Bonchev–Trinajstić information content (AvgIpc) is 2.94. The van der Waals surface area contributed by atoms with E-state index in [1.165, 1.54) is 18.3 Å². The van der Waals surface area contributed by atoms with Gasteiger partial charge in [0.05, 0.1) is 26.8 Å². The Hall–Kier alpha value is -2.08. The summed E-state index contributed by atoms with van der Waals surface area (Å²) in [5.74, 6) is 0. The van der Waals surface area contributed by atoms with E-state index in [1.807, 2.05) is 0 Å². The molecule has 3 rings (SSSR count). The summed E-state index contributed by atoms with van der Waals surface area (Å²) in [5.41, 5.74) is -0.473. The summed E-state index contributed by atoms with van der Waals surface area (Å²) in [6.45, 7) is 0. The van der Waals surface area contributed by atoms with Crippen LogP contribution in [0, 0.1) is 0 Å². The molecule has 0 aliphatic carbocycles. The van der Waals surface area contributed by atoms with Gasteiger partial charge < -0.3 is 4.98 Å². The molecule has 0 radical (unpaired) electrons. The molecule has 0 amide bonds. The topological polar surface area (TPSA) is 32.9 Å². The molecule has 1 atom stereocenters. The monoisotopic (exact) mass is 309 g/mol. The molecule has 6 heteroatoms. The third-order valence-corrected chi connectivity index (χ3v) is 4.59. The first-order valence-corrected chi connectivity index (χ1v) is 7.27. The van der Waals surface area contributed by atoms with E-state index < -0.39 is 22.5 Å². The minimum Gasteiger partial charge on any atom is -0.360 e. The minimum atomic E-state index is -4.44. The highest BCUT2D eigenvalue weighted by atomic mass is 32.2. The molecule has 0 spiro atoms. The number of aromatic nitrogens is 1. The Balaban J connectivity index is 2.18. The summed E-state index contributed by atoms with van der Waals surface area (Å²) in [4.78, 5) is 3.65. The van der Waals surface area contributed by atoms with Gasteiger partial charge in [0.15, 0.2) is 0 Å². The maximum atomic E-state index is 13.0. The maximum Gasteiger partial charge on any atom is 0.417 e. The Morgan fingerprint density at radius 3 is 2.33 bits per heavy atom. The average molecular weight is 309 g/mol. The lowest BCUT2D eigenvalue weighted by Crippen LogP contribution is -2.06. The Morgan fingerprint density at radius 1 is 0.952 bits per heavy atom. The van der Waals surface area contributed by atoms with E-state index in [1.54, 1.807) is 30.3 Å². The van der Waals surface area contributed by atoms with Crippen molar-refractivity contribution in [1.82, 2.24) is 4.98 Å². The summed E-state index contributed by atoms with van der Waals surface area (Å²) in [6, 6.07) is 12.2. The third-order valence-electron chi connectivity index (χ3n) is 3.15. The molecule has 0 aliphatic rings. The van der Waals surface area contributed by atoms with Crippen molar-refractivity contribution in [2.45, 2.75) is 16.0 Å². The number of benzene rings is 2. The minimum absolute atomic E-state index is 0.0317. The van der Waals surface area contributed by atoms with E-state index >= 15 is 0 Å². The fourth-order valence-electron chi connectivity index (χ4n) is 2.20. The van der Waals surface area contributed by atoms with Crippen LogP contribution in [0.15, 0.2) is 64.5 Å². The van der Waals surface area contributed by atoms with E-state index in [-0.39, 0.29) is 10.9 Å². The van der Waals surface area contributed by atoms with Crippen molar-refractivity contribution in [2.24, 2.45) is 0 Å². The Bertz CT molecular complexity index is 809. The molecule has 0 saturated carbocycles. The predicted molar refractivity (Wildman–Crippen MR) is 74.4 cm³/mol. The molecule has 0 saturated heterocycles. The lowest BCUT2D eigenvalue weighted by molar-refractivity contribution is -0.136. The molecule has 2 nitrogen and oxygen atoms in total. The summed E-state index contributed by atoms with van der Waals surface area (Å²) >= 11 is 0. The van der Waals surface area contributed by atoms with Crippen LogP contribution < -0.4 is 0 Å². The van der Waals surface area contributed by atoms with E-state index in [0.717, 1.165) is 6.07 Å². The van der Waals surface area contributed by atoms with Gasteiger partial charge in [-0.15, -0.1) is 0 Å². The highest BCUT2D eigenvalue weighted by molar-refractivity contribution is 7.85. The van der Waals surface area contributed by atoms with Crippen LogP contribution in [0.4, 0.5) is 13.2 Å². The van der Waals surface area contributed by atoms with Crippen molar-refractivity contribution >= 4 is 21.7 Å². The van der Waals surface area contributed by atoms with Crippen molar-refractivity contribution in [3.8, 4) is 0 Å². The van der Waals surface area contributed by atoms with Crippen LogP contribution in [0.5, 0.6) is 0 Å². The highest BCUT2D eigenvalue weighted by Crippen LogP contribution is 2.37. The van der Waals surface area contributed by atoms with Gasteiger partial charge in [-0.3, -0.25) is 0 Å². The van der Waals surface area contributed by atoms with Crippen molar-refractivity contribution < 1.29 is 17.4 Å². The van der Waals surface area contributed by atoms with Crippen LogP contribution in [0.3, 0.4) is 0 Å². The number of rotatable bonds is 2. The second kappa shape index (κ2) is 5.04. The first-order valence-electron chi connectivity index (χ1n) is 6.12. The number of fused-ring (bicyclic) bond motifs is 1. The molecule has 1 N–H and O–H groups in total. The normalized spacial score (nSPS) is 13.5. The number of alkyl halides is 3. The largest absolute Gasteiger partial charge is 0.417 e. The van der Waals surface area contributed by atoms with Crippen molar-refractivity contribution in [2.75, 3.05) is 0 Å². The second-order valence-corrected chi connectivity index (χ2v) is 5.91. The standard InChI is InChI=1S/C15H10F3NOS/c16-15(17,18)12-6-7-13(14-11(12)8-9-19-14)21(20)10-4-2-1-3-5-10/h1-9,19H. The fourth-order valence-corrected chi connectivity index (χ4v) is 3.41. The van der Waals surface area contributed by atoms with Gasteiger partial charge in [-0.1, -0.05) is 18.2 Å². The summed E-state index contributed by atoms with van der Waals surface area (Å²) in [5, 5.41) is 0.0317. The summed E-state index contributed by atoms with van der Waals surface area (Å²) in [6.07, 6.45) is -3.02. The number of hydrogen-bond acceptors (Lipinski definition) is 1. The zero-order valence-corrected chi connectivity index (χ0v) is 11.5. The van der Waals surface area contributed by atoms with E-state index in [2.05, 4.69) is 4.98 Å². The molecule has 0 aliphatic heterocycles. The van der Waals surface area contributed by atoms with E-state index in [9.17, 15) is 17.4 Å². The molecule has 3 aromatic rings. The molecule has 1 heterocycles. The highest BCUT2D eigenvalue weighted by Gasteiger charge is 2.33. The van der Waals surface area contributed by atoms with Crippen molar-refractivity contribution in [3.05, 3.63) is 60.3 Å². The first kappa shape index (κ1) is 13.9. The van der Waals surface area contributed by atoms with Crippen molar-refractivity contribution in [1.29, 1.82) is 0 Å². The van der Waals surface area contributed by atoms with Gasteiger partial charge in [-0.05, 0) is 30.3 Å². The SMILES string of the molecule is O=S(c1ccccc1)c1ccc(C(F)(F)F)c2cc[nH]c12. The van der Waals surface area contributed by atoms with Crippen LogP contribution in [-0.2, 0) is 17.0 Å². The molecular weight excluding hydrogens is 299 g/mol. The van der Waals surface area contributed by atoms with Crippen LogP contribution in [0.1, 0.15) is 5.56 Å². The van der Waals surface area contributed by atoms with E-state index in [0.29, 0.717) is 9.79 Å². The van der Waals surface area contributed by atoms with Gasteiger partial charge in [0.1, 0.15) is 0 Å². The maximum absolute atomic E-state index is 13.0. The zero-order chi connectivity index (χ0) is 15.0. The number of H-pyrrole nitrogens is 1. The number of nitrogens with one attached hydrogen (secondary N) is 1. The Kier molecular flexibility index (Phi) is 3.33. The van der Waals surface area contributed by atoms with Gasteiger partial charge in [0.25, 0.3) is 0 Å². The Morgan fingerprint density at radius 2 is 1.67 bits per heavy atom. The van der Waals surface area contributed by atoms with Gasteiger partial charge >= 0.3 is 6.18 Å². The predicted octanol–water partition coefficient (Wildman–Crippen LogP) is 4.35. The summed E-state index contributed by atoms with van der Waals surface area (Å²) in [7, 11) is -1.53. The molecule has 2 aromatic carbocycles.